The van der Waals surface area contributed by atoms with Crippen molar-refractivity contribution in [3.8, 4) is 0 Å². The number of ketones is 2. The number of hydrogen-bond donors (Lipinski definition) is 13. The first-order valence-corrected chi connectivity index (χ1v) is 30.4. The second kappa shape index (κ2) is 37.2. The Morgan fingerprint density at radius 1 is 0.553 bits per heavy atom. The van der Waals surface area contributed by atoms with Crippen molar-refractivity contribution in [2.45, 2.75) is 190 Å². The van der Waals surface area contributed by atoms with Gasteiger partial charge in [-0.1, -0.05) is 13.8 Å². The van der Waals surface area contributed by atoms with E-state index in [0.717, 1.165) is 18.9 Å². The van der Waals surface area contributed by atoms with Crippen molar-refractivity contribution in [2.24, 2.45) is 11.8 Å². The normalized spacial score (nSPS) is 32.9. The zero-order chi connectivity index (χ0) is 63.1. The van der Waals surface area contributed by atoms with Crippen LogP contribution < -0.4 is 32.3 Å². The molecule has 4 aliphatic rings. The van der Waals surface area contributed by atoms with Crippen molar-refractivity contribution in [3.05, 3.63) is 0 Å². The number of hydrogen-bond acceptors (Lipinski definition) is 27. The summed E-state index contributed by atoms with van der Waals surface area (Å²) in [7, 11) is 2.35. The number of nitrogens with one attached hydrogen (secondary N) is 6. The van der Waals surface area contributed by atoms with Crippen LogP contribution in [0.2, 0.25) is 0 Å². The number of Topliss-reactive ketones (excluding diaryl/α,β-unsaturated/α-hetero) is 2. The third-order valence-electron chi connectivity index (χ3n) is 14.4. The predicted molar refractivity (Wildman–Crippen MR) is 297 cm³/mol. The van der Waals surface area contributed by atoms with Crippen molar-refractivity contribution in [1.82, 2.24) is 32.3 Å². The van der Waals surface area contributed by atoms with Crippen LogP contribution in [0.4, 0.5) is 0 Å². The molecule has 21 atom stereocenters. The molecule has 13 N–H and O–H groups in total. The summed E-state index contributed by atoms with van der Waals surface area (Å²) in [6.07, 6.45) is -21.8. The van der Waals surface area contributed by atoms with E-state index < -0.39 is 158 Å². The number of carbonyl (C=O) groups excluding carboxylic acids is 8. The highest BCUT2D eigenvalue weighted by atomic mass is 32.2. The lowest BCUT2D eigenvalue weighted by Crippen LogP contribution is -2.68. The first-order chi connectivity index (χ1) is 40.4. The number of rotatable bonds is 33. The molecular formula is C52H88N6O25S2. The van der Waals surface area contributed by atoms with Crippen LogP contribution in [0.5, 0.6) is 0 Å². The summed E-state index contributed by atoms with van der Waals surface area (Å²) in [5.74, 6) is -4.54. The average molecular weight is 1260 g/mol. The molecule has 0 bridgehead atoms. The molecule has 0 spiro atoms. The Labute approximate surface area is 501 Å². The van der Waals surface area contributed by atoms with Gasteiger partial charge in [0, 0.05) is 83.9 Å². The van der Waals surface area contributed by atoms with Gasteiger partial charge < -0.3 is 93.7 Å². The molecule has 6 amide bonds. The Morgan fingerprint density at radius 3 is 1.44 bits per heavy atom. The topological polar surface area (TPSA) is 443 Å². The van der Waals surface area contributed by atoms with E-state index in [-0.39, 0.29) is 74.0 Å². The summed E-state index contributed by atoms with van der Waals surface area (Å²) < 4.78 is 56.3. The number of hydrazine groups is 2. The fraction of sp³-hybridized carbons (Fsp3) is 0.846. The monoisotopic (exact) mass is 1260 g/mol. The number of aliphatic hydroxyl groups excluding tert-OH is 7. The molecule has 4 heterocycles. The highest BCUT2D eigenvalue weighted by molar-refractivity contribution is 8.00. The van der Waals surface area contributed by atoms with E-state index in [1.165, 1.54) is 32.7 Å². The molecule has 0 aliphatic carbocycles. The van der Waals surface area contributed by atoms with E-state index in [1.807, 2.05) is 0 Å². The summed E-state index contributed by atoms with van der Waals surface area (Å²) in [5, 5.41) is 79.1. The van der Waals surface area contributed by atoms with Crippen molar-refractivity contribution >= 4 is 70.5 Å². The largest absolute Gasteiger partial charge is 0.394 e. The van der Waals surface area contributed by atoms with Gasteiger partial charge in [0.1, 0.15) is 66.5 Å². The number of methoxy groups -OCH3 is 2. The molecule has 33 heteroatoms. The third-order valence-corrected chi connectivity index (χ3v) is 16.8. The minimum absolute atomic E-state index is 0.0316. The summed E-state index contributed by atoms with van der Waals surface area (Å²) in [5.41, 5.74) is 8.93. The molecule has 4 saturated heterocycles. The SMILES string of the molecule is CO[C@@H]1C(C(=O)NNC(=O)CSCC(C)C(=O)CCCOCCOCCCC(=O)C(C)CSCC(=O)NNC(=O)C2O[C@@H](O[C@@H]3C(NC(C)=O)[C@H](C)OC(CO)[C@H]3O)C(O)[C@@H](O)[C@@H]2OC)O[C@@H](O[C@H]2CC(CO)O[C@@H](C)C2NC(C)=O)C(O)[C@H]1O. The second-order valence-corrected chi connectivity index (χ2v) is 23.2. The maximum absolute atomic E-state index is 13.2. The van der Waals surface area contributed by atoms with Crippen LogP contribution in [0.1, 0.15) is 73.6 Å². The summed E-state index contributed by atoms with van der Waals surface area (Å²) in [4.78, 5) is 101. The molecule has 0 aromatic rings. The quantitative estimate of drug-likeness (QED) is 0.0216. The van der Waals surface area contributed by atoms with E-state index in [9.17, 15) is 74.1 Å². The fourth-order valence-electron chi connectivity index (χ4n) is 9.74. The fourth-order valence-corrected chi connectivity index (χ4v) is 11.6. The second-order valence-electron chi connectivity index (χ2n) is 21.1. The number of thioether (sulfide) groups is 2. The van der Waals surface area contributed by atoms with Gasteiger partial charge in [0.25, 0.3) is 11.8 Å². The summed E-state index contributed by atoms with van der Waals surface area (Å²) >= 11 is 2.32. The molecule has 4 fully saturated rings. The number of amides is 6. The molecular weight excluding hydrogens is 1170 g/mol. The zero-order valence-electron chi connectivity index (χ0n) is 49.0. The zero-order valence-corrected chi connectivity index (χ0v) is 50.7. The molecule has 488 valence electrons. The molecule has 4 rings (SSSR count). The maximum Gasteiger partial charge on any atom is 0.270 e. The van der Waals surface area contributed by atoms with Crippen molar-refractivity contribution in [2.75, 3.05) is 76.9 Å². The Balaban J connectivity index is 1.03. The minimum atomic E-state index is -1.81. The number of ether oxygens (including phenoxy) is 10. The van der Waals surface area contributed by atoms with Crippen molar-refractivity contribution < 1.29 is 121 Å². The molecule has 31 nitrogen and oxygen atoms in total. The van der Waals surface area contributed by atoms with Crippen LogP contribution in [-0.2, 0) is 85.7 Å². The lowest BCUT2D eigenvalue weighted by atomic mass is 9.92. The van der Waals surface area contributed by atoms with Crippen molar-refractivity contribution in [1.29, 1.82) is 0 Å². The van der Waals surface area contributed by atoms with E-state index in [4.69, 9.17) is 47.4 Å². The summed E-state index contributed by atoms with van der Waals surface area (Å²) in [6, 6.07) is -1.72. The minimum Gasteiger partial charge on any atom is -0.394 e. The number of carbonyl (C=O) groups is 8. The van der Waals surface area contributed by atoms with Gasteiger partial charge in [0.2, 0.25) is 23.6 Å². The van der Waals surface area contributed by atoms with Gasteiger partial charge in [-0.05, 0) is 26.7 Å². The standard InChI is InChI=1S/C52H88N6O25S2/c1-24(20-84-22-35(65)55-57-49(72)47-45(74-7)40(68)42(70)51(82-47)80-33-17-30(18-59)78-26(3)37(33)53-28(5)61)31(63)11-9-13-76-15-16-77-14-10-12-32(64)25(2)21-85-23-36(66)56-58-50(73)48-46(75-8)41(69)43(71)52(83-48)81-44-38(54-29(6)62)27(4)79-34(19-60)39(44)67/h24-27,30,33-34,37-48,51-52,59-60,67-71H,9-23H2,1-8H3,(H,53,61)(H,54,62)(H,55,65)(H,56,66)(H,57,72)(H,58,73)/t24?,25?,26-,27-,30?,33-,34?,37?,38?,39+,40+,41+,42?,43?,44+,45-,46-,47?,48?,51+,52+/m0/s1. The van der Waals surface area contributed by atoms with Crippen LogP contribution in [0.15, 0.2) is 0 Å². The molecule has 85 heavy (non-hydrogen) atoms. The lowest BCUT2D eigenvalue weighted by molar-refractivity contribution is -0.325. The smallest absolute Gasteiger partial charge is 0.270 e. The molecule has 10 unspecified atom stereocenters. The molecule has 4 aliphatic heterocycles. The lowest BCUT2D eigenvalue weighted by Gasteiger charge is -2.47. The van der Waals surface area contributed by atoms with Gasteiger partial charge in [0.05, 0.1) is 74.4 Å². The Bertz CT molecular complexity index is 2150. The summed E-state index contributed by atoms with van der Waals surface area (Å²) in [6.45, 7) is 9.38. The van der Waals surface area contributed by atoms with Crippen molar-refractivity contribution in [3.63, 3.8) is 0 Å². The Morgan fingerprint density at radius 2 is 1.00 bits per heavy atom. The maximum atomic E-state index is 13.2. The molecule has 0 saturated carbocycles. The van der Waals surface area contributed by atoms with Gasteiger partial charge in [-0.2, -0.15) is 23.5 Å². The predicted octanol–water partition coefficient (Wildman–Crippen LogP) is -5.24. The van der Waals surface area contributed by atoms with Crippen LogP contribution >= 0.6 is 23.5 Å². The Hall–Kier alpha value is -3.82. The van der Waals surface area contributed by atoms with E-state index in [0.29, 0.717) is 37.6 Å². The molecule has 0 aromatic carbocycles. The number of aliphatic hydroxyl groups is 7. The first-order valence-electron chi connectivity index (χ1n) is 28.1. The van der Waals surface area contributed by atoms with Crippen LogP contribution in [-0.4, -0.2) is 276 Å². The third kappa shape index (κ3) is 22.6. The van der Waals surface area contributed by atoms with E-state index in [1.54, 1.807) is 27.7 Å². The highest BCUT2D eigenvalue weighted by Gasteiger charge is 2.54. The van der Waals surface area contributed by atoms with Gasteiger partial charge in [-0.25, -0.2) is 0 Å². The average Bonchev–Trinajstić information content (AvgIpc) is 2.74. The molecule has 0 aromatic heterocycles. The first kappa shape index (κ1) is 73.6. The Kier molecular flexibility index (Phi) is 32.3. The van der Waals surface area contributed by atoms with Gasteiger partial charge in [-0.3, -0.25) is 60.1 Å². The highest BCUT2D eigenvalue weighted by Crippen LogP contribution is 2.32. The molecule has 0 radical (unpaired) electrons. The van der Waals surface area contributed by atoms with Crippen LogP contribution in [0, 0.1) is 11.8 Å². The van der Waals surface area contributed by atoms with Gasteiger partial charge in [-0.15, -0.1) is 0 Å². The van der Waals surface area contributed by atoms with Gasteiger partial charge in [0.15, 0.2) is 24.8 Å². The van der Waals surface area contributed by atoms with E-state index in [2.05, 4.69) is 32.3 Å². The van der Waals surface area contributed by atoms with E-state index >= 15 is 0 Å². The van der Waals surface area contributed by atoms with Gasteiger partial charge >= 0.3 is 0 Å². The van der Waals surface area contributed by atoms with Crippen LogP contribution in [0.3, 0.4) is 0 Å². The van der Waals surface area contributed by atoms with Crippen LogP contribution in [0.25, 0.3) is 0 Å².